The topological polar surface area (TPSA) is 62.5 Å². The van der Waals surface area contributed by atoms with Crippen molar-refractivity contribution in [2.75, 3.05) is 14.2 Å². The van der Waals surface area contributed by atoms with Crippen molar-refractivity contribution in [3.8, 4) is 17.6 Å². The summed E-state index contributed by atoms with van der Waals surface area (Å²) in [6, 6.07) is 7.97. The third kappa shape index (κ3) is 2.12. The van der Waals surface area contributed by atoms with Gasteiger partial charge in [0.15, 0.2) is 11.5 Å². The van der Waals surface area contributed by atoms with Gasteiger partial charge in [0, 0.05) is 5.92 Å². The Balaban J connectivity index is 2.46. The Labute approximate surface area is 119 Å². The van der Waals surface area contributed by atoms with Crippen molar-refractivity contribution in [2.45, 2.75) is 37.7 Å². The standard InChI is InChI=1S/C16H21NO3/c1-15(2,18)14-7-8-16(14,10-17)11-5-6-12(19-3)13(9-11)20-4/h5-6,9,14,18H,7-8H2,1-4H3/t14-,16-/m1/s1. The molecule has 1 saturated carbocycles. The summed E-state index contributed by atoms with van der Waals surface area (Å²) in [4.78, 5) is 0. The summed E-state index contributed by atoms with van der Waals surface area (Å²) in [5.41, 5.74) is -0.630. The van der Waals surface area contributed by atoms with E-state index in [-0.39, 0.29) is 5.92 Å². The Kier molecular flexibility index (Phi) is 3.66. The molecule has 0 bridgehead atoms. The van der Waals surface area contributed by atoms with Crippen molar-refractivity contribution < 1.29 is 14.6 Å². The Morgan fingerprint density at radius 2 is 1.95 bits per heavy atom. The first-order chi connectivity index (χ1) is 9.39. The monoisotopic (exact) mass is 275 g/mol. The van der Waals surface area contributed by atoms with E-state index >= 15 is 0 Å². The molecule has 2 atom stereocenters. The number of hydrogen-bond acceptors (Lipinski definition) is 4. The van der Waals surface area contributed by atoms with Crippen molar-refractivity contribution >= 4 is 0 Å². The lowest BCUT2D eigenvalue weighted by Crippen LogP contribution is -2.53. The molecule has 0 spiro atoms. The summed E-state index contributed by atoms with van der Waals surface area (Å²) in [6.45, 7) is 3.54. The van der Waals surface area contributed by atoms with E-state index in [0.717, 1.165) is 18.4 Å². The fraction of sp³-hybridized carbons (Fsp3) is 0.562. The zero-order chi connectivity index (χ0) is 15.0. The average Bonchev–Trinajstić information content (AvgIpc) is 2.36. The number of ether oxygens (including phenoxy) is 2. The number of aliphatic hydroxyl groups is 1. The van der Waals surface area contributed by atoms with Crippen molar-refractivity contribution in [3.05, 3.63) is 23.8 Å². The molecule has 4 heteroatoms. The summed E-state index contributed by atoms with van der Waals surface area (Å²) in [5, 5.41) is 20.0. The van der Waals surface area contributed by atoms with Gasteiger partial charge in [-0.25, -0.2) is 0 Å². The van der Waals surface area contributed by atoms with Crippen molar-refractivity contribution in [1.82, 2.24) is 0 Å². The number of nitrogens with zero attached hydrogens (tertiary/aromatic N) is 1. The Hall–Kier alpha value is -1.73. The van der Waals surface area contributed by atoms with E-state index in [1.54, 1.807) is 28.1 Å². The molecule has 0 heterocycles. The molecule has 0 amide bonds. The lowest BCUT2D eigenvalue weighted by molar-refractivity contribution is -0.0547. The molecule has 1 aliphatic carbocycles. The minimum Gasteiger partial charge on any atom is -0.493 e. The highest BCUT2D eigenvalue weighted by Gasteiger charge is 2.54. The molecule has 0 saturated heterocycles. The maximum Gasteiger partial charge on any atom is 0.161 e. The fourth-order valence-corrected chi connectivity index (χ4v) is 3.19. The summed E-state index contributed by atoms with van der Waals surface area (Å²) in [6.07, 6.45) is 1.61. The molecule has 20 heavy (non-hydrogen) atoms. The summed E-state index contributed by atoms with van der Waals surface area (Å²) in [5.74, 6) is 1.18. The van der Waals surface area contributed by atoms with E-state index < -0.39 is 11.0 Å². The summed E-state index contributed by atoms with van der Waals surface area (Å²) in [7, 11) is 3.16. The molecule has 1 aliphatic rings. The normalized spacial score (nSPS) is 25.5. The van der Waals surface area contributed by atoms with E-state index in [2.05, 4.69) is 6.07 Å². The van der Waals surface area contributed by atoms with E-state index in [1.165, 1.54) is 0 Å². The molecule has 108 valence electrons. The Morgan fingerprint density at radius 1 is 1.30 bits per heavy atom. The first kappa shape index (κ1) is 14.7. The van der Waals surface area contributed by atoms with Gasteiger partial charge in [-0.1, -0.05) is 6.07 Å². The molecule has 0 aromatic heterocycles. The van der Waals surface area contributed by atoms with E-state index in [0.29, 0.717) is 11.5 Å². The molecular formula is C16H21NO3. The maximum absolute atomic E-state index is 10.3. The van der Waals surface area contributed by atoms with Crippen LogP contribution in [0.1, 0.15) is 32.3 Å². The van der Waals surface area contributed by atoms with Gasteiger partial charge in [-0.2, -0.15) is 5.26 Å². The molecule has 0 aliphatic heterocycles. The number of methoxy groups -OCH3 is 2. The molecule has 0 radical (unpaired) electrons. The molecule has 1 aromatic carbocycles. The molecule has 0 unspecified atom stereocenters. The van der Waals surface area contributed by atoms with Crippen molar-refractivity contribution in [3.63, 3.8) is 0 Å². The molecule has 4 nitrogen and oxygen atoms in total. The van der Waals surface area contributed by atoms with Gasteiger partial charge >= 0.3 is 0 Å². The quantitative estimate of drug-likeness (QED) is 0.917. The second-order valence-electron chi connectivity index (χ2n) is 5.90. The van der Waals surface area contributed by atoms with Crippen LogP contribution >= 0.6 is 0 Å². The van der Waals surface area contributed by atoms with Crippen molar-refractivity contribution in [1.29, 1.82) is 5.26 Å². The Bertz CT molecular complexity index is 542. The molecule has 1 N–H and O–H groups in total. The van der Waals surface area contributed by atoms with Gasteiger partial charge in [0.25, 0.3) is 0 Å². The van der Waals surface area contributed by atoms with Crippen LogP contribution in [0.4, 0.5) is 0 Å². The lowest BCUT2D eigenvalue weighted by Gasteiger charge is -2.50. The molecule has 1 fully saturated rings. The van der Waals surface area contributed by atoms with Crippen LogP contribution in [-0.4, -0.2) is 24.9 Å². The lowest BCUT2D eigenvalue weighted by atomic mass is 9.53. The van der Waals surface area contributed by atoms with Crippen LogP contribution in [0, 0.1) is 17.2 Å². The van der Waals surface area contributed by atoms with Gasteiger partial charge in [-0.15, -0.1) is 0 Å². The third-order valence-corrected chi connectivity index (χ3v) is 4.37. The predicted octanol–water partition coefficient (Wildman–Crippen LogP) is 2.65. The van der Waals surface area contributed by atoms with Crippen LogP contribution < -0.4 is 9.47 Å². The highest BCUT2D eigenvalue weighted by molar-refractivity contribution is 5.49. The zero-order valence-corrected chi connectivity index (χ0v) is 12.4. The van der Waals surface area contributed by atoms with Crippen LogP contribution in [0.3, 0.4) is 0 Å². The third-order valence-electron chi connectivity index (χ3n) is 4.37. The number of nitriles is 1. The van der Waals surface area contributed by atoms with E-state index in [4.69, 9.17) is 9.47 Å². The van der Waals surface area contributed by atoms with Crippen LogP contribution in [0.2, 0.25) is 0 Å². The zero-order valence-electron chi connectivity index (χ0n) is 12.4. The van der Waals surface area contributed by atoms with Gasteiger partial charge in [0.05, 0.1) is 31.3 Å². The highest BCUT2D eigenvalue weighted by atomic mass is 16.5. The minimum absolute atomic E-state index is 0.0712. The van der Waals surface area contributed by atoms with Crippen LogP contribution in [0.15, 0.2) is 18.2 Å². The second kappa shape index (κ2) is 4.99. The van der Waals surface area contributed by atoms with Crippen LogP contribution in [0.25, 0.3) is 0 Å². The molecular weight excluding hydrogens is 254 g/mol. The van der Waals surface area contributed by atoms with E-state index in [9.17, 15) is 10.4 Å². The number of rotatable bonds is 4. The van der Waals surface area contributed by atoms with Crippen LogP contribution in [0.5, 0.6) is 11.5 Å². The van der Waals surface area contributed by atoms with E-state index in [1.807, 2.05) is 18.2 Å². The largest absolute Gasteiger partial charge is 0.493 e. The van der Waals surface area contributed by atoms with Gasteiger partial charge in [0.1, 0.15) is 0 Å². The highest BCUT2D eigenvalue weighted by Crippen LogP contribution is 2.54. The molecule has 2 rings (SSSR count). The summed E-state index contributed by atoms with van der Waals surface area (Å²) >= 11 is 0. The minimum atomic E-state index is -0.874. The first-order valence-corrected chi connectivity index (χ1v) is 6.75. The van der Waals surface area contributed by atoms with Crippen molar-refractivity contribution in [2.24, 2.45) is 5.92 Å². The smallest absolute Gasteiger partial charge is 0.161 e. The van der Waals surface area contributed by atoms with Crippen LogP contribution in [-0.2, 0) is 5.41 Å². The number of benzene rings is 1. The number of hydrogen-bond donors (Lipinski definition) is 1. The van der Waals surface area contributed by atoms with Gasteiger partial charge in [-0.05, 0) is 44.4 Å². The predicted molar refractivity (Wildman–Crippen MR) is 75.9 cm³/mol. The average molecular weight is 275 g/mol. The fourth-order valence-electron chi connectivity index (χ4n) is 3.19. The SMILES string of the molecule is COc1ccc([C@]2(C#N)CC[C@@H]2C(C)(C)O)cc1OC. The summed E-state index contributed by atoms with van der Waals surface area (Å²) < 4.78 is 10.5. The van der Waals surface area contributed by atoms with Gasteiger partial charge in [0.2, 0.25) is 0 Å². The second-order valence-corrected chi connectivity index (χ2v) is 5.90. The molecule has 1 aromatic rings. The first-order valence-electron chi connectivity index (χ1n) is 6.75. The Morgan fingerprint density at radius 3 is 2.35 bits per heavy atom. The van der Waals surface area contributed by atoms with Gasteiger partial charge < -0.3 is 14.6 Å². The maximum atomic E-state index is 10.3. The van der Waals surface area contributed by atoms with Gasteiger partial charge in [-0.3, -0.25) is 0 Å².